The summed E-state index contributed by atoms with van der Waals surface area (Å²) in [6.07, 6.45) is -4.56. The number of aromatic carboxylic acids is 1. The van der Waals surface area contributed by atoms with Gasteiger partial charge in [0, 0.05) is 4.90 Å². The number of hydrogen-bond acceptors (Lipinski definition) is 3. The molecule has 0 amide bonds. The molecule has 1 aromatic carbocycles. The molecule has 1 N–H and O–H groups in total. The first kappa shape index (κ1) is 15.3. The van der Waals surface area contributed by atoms with Crippen molar-refractivity contribution in [3.05, 3.63) is 53.5 Å². The highest BCUT2D eigenvalue weighted by molar-refractivity contribution is 7.99. The van der Waals surface area contributed by atoms with Crippen LogP contribution in [0.4, 0.5) is 17.6 Å². The minimum atomic E-state index is -4.56. The number of carbonyl (C=O) groups is 1. The van der Waals surface area contributed by atoms with Crippen LogP contribution in [0, 0.1) is 5.82 Å². The van der Waals surface area contributed by atoms with Crippen LogP contribution in [-0.4, -0.2) is 16.1 Å². The van der Waals surface area contributed by atoms with Crippen molar-refractivity contribution in [3.63, 3.8) is 0 Å². The molecule has 0 spiro atoms. The van der Waals surface area contributed by atoms with E-state index in [9.17, 15) is 22.4 Å². The Balaban J connectivity index is 2.31. The number of carboxylic acids is 1. The summed E-state index contributed by atoms with van der Waals surface area (Å²) in [4.78, 5) is 14.5. The number of carboxylic acid groups (broad SMARTS) is 1. The van der Waals surface area contributed by atoms with Crippen molar-refractivity contribution >= 4 is 17.7 Å². The van der Waals surface area contributed by atoms with E-state index in [0.717, 1.165) is 30.0 Å². The Morgan fingerprint density at radius 1 is 1.19 bits per heavy atom. The van der Waals surface area contributed by atoms with Gasteiger partial charge in [0.25, 0.3) is 0 Å². The van der Waals surface area contributed by atoms with E-state index >= 15 is 0 Å². The van der Waals surface area contributed by atoms with Crippen molar-refractivity contribution in [1.29, 1.82) is 0 Å². The van der Waals surface area contributed by atoms with E-state index in [2.05, 4.69) is 4.98 Å². The molecule has 0 radical (unpaired) electrons. The molecule has 0 fully saturated rings. The number of alkyl halides is 3. The second-order valence-corrected chi connectivity index (χ2v) is 5.00. The molecule has 0 saturated heterocycles. The minimum Gasteiger partial charge on any atom is -0.478 e. The molecule has 0 bridgehead atoms. The fraction of sp³-hybridized carbons (Fsp3) is 0.0769. The molecule has 2 rings (SSSR count). The van der Waals surface area contributed by atoms with Crippen LogP contribution in [0.5, 0.6) is 0 Å². The zero-order chi connectivity index (χ0) is 15.6. The normalized spacial score (nSPS) is 11.4. The van der Waals surface area contributed by atoms with E-state index in [-0.39, 0.29) is 9.92 Å². The van der Waals surface area contributed by atoms with Crippen LogP contribution in [0.2, 0.25) is 0 Å². The molecule has 110 valence electrons. The number of pyridine rings is 1. The van der Waals surface area contributed by atoms with Crippen LogP contribution in [-0.2, 0) is 6.18 Å². The van der Waals surface area contributed by atoms with E-state index in [1.165, 1.54) is 18.2 Å². The van der Waals surface area contributed by atoms with E-state index < -0.39 is 29.2 Å². The lowest BCUT2D eigenvalue weighted by molar-refractivity contribution is -0.141. The Bertz CT molecular complexity index is 688. The summed E-state index contributed by atoms with van der Waals surface area (Å²) in [6, 6.07) is 6.64. The third-order valence-electron chi connectivity index (χ3n) is 2.40. The maximum Gasteiger partial charge on any atom is 0.433 e. The molecular weight excluding hydrogens is 310 g/mol. The highest BCUT2D eigenvalue weighted by atomic mass is 32.2. The second kappa shape index (κ2) is 5.72. The molecule has 0 unspecified atom stereocenters. The van der Waals surface area contributed by atoms with Gasteiger partial charge in [-0.3, -0.25) is 0 Å². The lowest BCUT2D eigenvalue weighted by Gasteiger charge is -2.08. The molecule has 0 aliphatic heterocycles. The van der Waals surface area contributed by atoms with E-state index in [1.807, 2.05) is 0 Å². The molecule has 0 aliphatic carbocycles. The zero-order valence-electron chi connectivity index (χ0n) is 10.2. The van der Waals surface area contributed by atoms with Crippen molar-refractivity contribution in [3.8, 4) is 0 Å². The van der Waals surface area contributed by atoms with Gasteiger partial charge in [-0.05, 0) is 30.3 Å². The van der Waals surface area contributed by atoms with E-state index in [4.69, 9.17) is 5.11 Å². The maximum absolute atomic E-state index is 13.2. The largest absolute Gasteiger partial charge is 0.478 e. The lowest BCUT2D eigenvalue weighted by Crippen LogP contribution is -2.07. The summed E-state index contributed by atoms with van der Waals surface area (Å²) in [5.74, 6) is -2.36. The Morgan fingerprint density at radius 2 is 1.90 bits per heavy atom. The summed E-state index contributed by atoms with van der Waals surface area (Å²) in [5.41, 5.74) is -1.60. The molecule has 3 nitrogen and oxygen atoms in total. The van der Waals surface area contributed by atoms with Gasteiger partial charge in [0.15, 0.2) is 0 Å². The molecule has 0 atom stereocenters. The first-order valence-electron chi connectivity index (χ1n) is 5.52. The molecule has 1 aromatic heterocycles. The van der Waals surface area contributed by atoms with Gasteiger partial charge in [0.2, 0.25) is 0 Å². The van der Waals surface area contributed by atoms with Gasteiger partial charge in [-0.1, -0.05) is 17.8 Å². The lowest BCUT2D eigenvalue weighted by atomic mass is 10.2. The third-order valence-corrected chi connectivity index (χ3v) is 3.33. The third kappa shape index (κ3) is 3.72. The molecular formula is C13H7F4NO2S. The molecule has 8 heteroatoms. The summed E-state index contributed by atoms with van der Waals surface area (Å²) >= 11 is 0.817. The van der Waals surface area contributed by atoms with Crippen molar-refractivity contribution in [1.82, 2.24) is 4.98 Å². The Morgan fingerprint density at radius 3 is 2.52 bits per heavy atom. The standard InChI is InChI=1S/C13H7F4NO2S/c14-9-5-4-7(6-8(9)12(19)20)21-11-3-1-2-10(18-11)13(15,16)17/h1-6H,(H,19,20). The fourth-order valence-corrected chi connectivity index (χ4v) is 2.33. The van der Waals surface area contributed by atoms with Crippen molar-refractivity contribution in [2.45, 2.75) is 16.1 Å². The predicted molar refractivity (Wildman–Crippen MR) is 66.7 cm³/mol. The average molecular weight is 317 g/mol. The number of benzene rings is 1. The first-order valence-corrected chi connectivity index (χ1v) is 6.34. The van der Waals surface area contributed by atoms with Gasteiger partial charge in [-0.25, -0.2) is 14.2 Å². The van der Waals surface area contributed by atoms with Gasteiger partial charge >= 0.3 is 12.1 Å². The second-order valence-electron chi connectivity index (χ2n) is 3.91. The van der Waals surface area contributed by atoms with Crippen LogP contribution >= 0.6 is 11.8 Å². The van der Waals surface area contributed by atoms with Gasteiger partial charge in [-0.15, -0.1) is 0 Å². The number of hydrogen-bond donors (Lipinski definition) is 1. The molecule has 0 aliphatic rings. The highest BCUT2D eigenvalue weighted by Gasteiger charge is 2.32. The average Bonchev–Trinajstić information content (AvgIpc) is 2.40. The van der Waals surface area contributed by atoms with Crippen LogP contribution in [0.25, 0.3) is 0 Å². The van der Waals surface area contributed by atoms with Crippen molar-refractivity contribution < 1.29 is 27.5 Å². The Labute approximate surface area is 120 Å². The first-order chi connectivity index (χ1) is 9.77. The van der Waals surface area contributed by atoms with Gasteiger partial charge in [0.05, 0.1) is 5.56 Å². The monoisotopic (exact) mass is 317 g/mol. The van der Waals surface area contributed by atoms with Gasteiger partial charge in [-0.2, -0.15) is 13.2 Å². The summed E-state index contributed by atoms with van der Waals surface area (Å²) in [5, 5.41) is 8.83. The highest BCUT2D eigenvalue weighted by Crippen LogP contribution is 2.32. The van der Waals surface area contributed by atoms with Crippen molar-refractivity contribution in [2.24, 2.45) is 0 Å². The van der Waals surface area contributed by atoms with Crippen LogP contribution < -0.4 is 0 Å². The Hall–Kier alpha value is -2.09. The van der Waals surface area contributed by atoms with E-state index in [1.54, 1.807) is 0 Å². The maximum atomic E-state index is 13.2. The van der Waals surface area contributed by atoms with Crippen LogP contribution in [0.1, 0.15) is 16.1 Å². The Kier molecular flexibility index (Phi) is 4.17. The van der Waals surface area contributed by atoms with Crippen LogP contribution in [0.3, 0.4) is 0 Å². The van der Waals surface area contributed by atoms with Crippen molar-refractivity contribution in [2.75, 3.05) is 0 Å². The smallest absolute Gasteiger partial charge is 0.433 e. The summed E-state index contributed by atoms with van der Waals surface area (Å²) < 4.78 is 50.8. The summed E-state index contributed by atoms with van der Waals surface area (Å²) in [6.45, 7) is 0. The quantitative estimate of drug-likeness (QED) is 0.866. The number of halogens is 4. The predicted octanol–water partition coefficient (Wildman–Crippen LogP) is 4.09. The number of aromatic nitrogens is 1. The van der Waals surface area contributed by atoms with Gasteiger partial charge < -0.3 is 5.11 Å². The van der Waals surface area contributed by atoms with Crippen LogP contribution in [0.15, 0.2) is 46.3 Å². The zero-order valence-corrected chi connectivity index (χ0v) is 11.0. The molecule has 2 aromatic rings. The number of nitrogens with zero attached hydrogens (tertiary/aromatic N) is 1. The topological polar surface area (TPSA) is 50.2 Å². The number of rotatable bonds is 3. The molecule has 0 saturated carbocycles. The fourth-order valence-electron chi connectivity index (χ4n) is 1.48. The minimum absolute atomic E-state index is 0.0350. The SMILES string of the molecule is O=C(O)c1cc(Sc2cccc(C(F)(F)F)n2)ccc1F. The van der Waals surface area contributed by atoms with Gasteiger partial charge in [0.1, 0.15) is 16.5 Å². The summed E-state index contributed by atoms with van der Waals surface area (Å²) in [7, 11) is 0. The molecule has 1 heterocycles. The molecule has 21 heavy (non-hydrogen) atoms. The van der Waals surface area contributed by atoms with E-state index in [0.29, 0.717) is 0 Å².